The molecule has 0 saturated carbocycles. The zero-order valence-electron chi connectivity index (χ0n) is 11.1. The summed E-state index contributed by atoms with van der Waals surface area (Å²) in [5, 5.41) is 3.80. The van der Waals surface area contributed by atoms with E-state index in [2.05, 4.69) is 14.9 Å². The molecule has 1 aromatic carbocycles. The Hall–Kier alpha value is -2.02. The second kappa shape index (κ2) is 5.54. The van der Waals surface area contributed by atoms with Crippen LogP contribution in [-0.2, 0) is 5.54 Å². The van der Waals surface area contributed by atoms with Gasteiger partial charge in [0.05, 0.1) is 11.1 Å². The number of hydrogen-bond acceptors (Lipinski definition) is 5. The molecule has 0 aliphatic carbocycles. The number of aromatic nitrogens is 2. The summed E-state index contributed by atoms with van der Waals surface area (Å²) in [5.74, 6) is 0.399. The molecule has 0 spiro atoms. The first-order valence-electron chi connectivity index (χ1n) is 6.11. The van der Waals surface area contributed by atoms with Crippen LogP contribution in [0.1, 0.15) is 26.1 Å². The number of nitrogens with zero attached hydrogens (tertiary/aromatic N) is 2. The highest BCUT2D eigenvalue weighted by atomic mass is 19.3. The van der Waals surface area contributed by atoms with Crippen molar-refractivity contribution in [3.63, 3.8) is 0 Å². The van der Waals surface area contributed by atoms with Crippen molar-refractivity contribution in [1.82, 2.24) is 10.1 Å². The number of ether oxygens (including phenoxy) is 1. The molecule has 1 heterocycles. The van der Waals surface area contributed by atoms with Crippen molar-refractivity contribution in [1.29, 1.82) is 0 Å². The molecule has 0 radical (unpaired) electrons. The molecule has 5 nitrogen and oxygen atoms in total. The maximum absolute atomic E-state index is 12.4. The lowest BCUT2D eigenvalue weighted by Crippen LogP contribution is -2.33. The van der Waals surface area contributed by atoms with E-state index in [1.807, 2.05) is 6.92 Å². The minimum atomic E-state index is -2.92. The fourth-order valence-corrected chi connectivity index (χ4v) is 1.57. The molecule has 108 valence electrons. The van der Waals surface area contributed by atoms with Gasteiger partial charge in [0.25, 0.3) is 5.89 Å². The second-order valence-corrected chi connectivity index (χ2v) is 4.57. The Bertz CT molecular complexity index is 585. The summed E-state index contributed by atoms with van der Waals surface area (Å²) in [6.07, 6.45) is 0.612. The Morgan fingerprint density at radius 1 is 1.40 bits per heavy atom. The van der Waals surface area contributed by atoms with Crippen LogP contribution in [0.3, 0.4) is 0 Å². The van der Waals surface area contributed by atoms with Gasteiger partial charge in [-0.25, -0.2) is 0 Å². The smallest absolute Gasteiger partial charge is 0.387 e. The fraction of sp³-hybridized carbons (Fsp3) is 0.385. The van der Waals surface area contributed by atoms with Crippen molar-refractivity contribution >= 4 is 0 Å². The van der Waals surface area contributed by atoms with E-state index in [-0.39, 0.29) is 11.6 Å². The van der Waals surface area contributed by atoms with Gasteiger partial charge in [-0.1, -0.05) is 24.2 Å². The van der Waals surface area contributed by atoms with Crippen LogP contribution in [0.25, 0.3) is 11.5 Å². The summed E-state index contributed by atoms with van der Waals surface area (Å²) >= 11 is 0. The predicted molar refractivity (Wildman–Crippen MR) is 68.2 cm³/mol. The van der Waals surface area contributed by atoms with Crippen LogP contribution in [0.15, 0.2) is 28.8 Å². The summed E-state index contributed by atoms with van der Waals surface area (Å²) < 4.78 is 34.2. The Balaban J connectivity index is 2.38. The van der Waals surface area contributed by atoms with Crippen LogP contribution >= 0.6 is 0 Å². The maximum Gasteiger partial charge on any atom is 0.387 e. The maximum atomic E-state index is 12.4. The third-order valence-electron chi connectivity index (χ3n) is 3.00. The Labute approximate surface area is 114 Å². The molecular weight excluding hydrogens is 268 g/mol. The zero-order valence-corrected chi connectivity index (χ0v) is 11.1. The van der Waals surface area contributed by atoms with E-state index >= 15 is 0 Å². The van der Waals surface area contributed by atoms with Gasteiger partial charge in [-0.2, -0.15) is 13.8 Å². The number of para-hydroxylation sites is 1. The summed E-state index contributed by atoms with van der Waals surface area (Å²) in [6.45, 7) is 0.738. The Morgan fingerprint density at radius 3 is 2.75 bits per heavy atom. The predicted octanol–water partition coefficient (Wildman–Crippen LogP) is 2.92. The molecule has 0 aliphatic heterocycles. The van der Waals surface area contributed by atoms with E-state index < -0.39 is 12.2 Å². The monoisotopic (exact) mass is 283 g/mol. The lowest BCUT2D eigenvalue weighted by Gasteiger charge is -2.16. The minimum Gasteiger partial charge on any atom is -0.434 e. The van der Waals surface area contributed by atoms with E-state index in [0.29, 0.717) is 17.8 Å². The third kappa shape index (κ3) is 2.93. The van der Waals surface area contributed by atoms with Gasteiger partial charge in [0.2, 0.25) is 0 Å². The van der Waals surface area contributed by atoms with Gasteiger partial charge < -0.3 is 15.0 Å². The molecule has 20 heavy (non-hydrogen) atoms. The molecule has 1 aromatic heterocycles. The van der Waals surface area contributed by atoms with E-state index in [9.17, 15) is 8.78 Å². The molecule has 0 fully saturated rings. The quantitative estimate of drug-likeness (QED) is 0.913. The van der Waals surface area contributed by atoms with Gasteiger partial charge in [0.1, 0.15) is 5.75 Å². The standard InChI is InChI=1S/C13H15F2N3O2/c1-3-13(2,16)11-17-10(20-18-11)8-6-4-5-7-9(8)19-12(14)15/h4-7,12H,3,16H2,1-2H3. The highest BCUT2D eigenvalue weighted by Crippen LogP contribution is 2.31. The van der Waals surface area contributed by atoms with E-state index in [0.717, 1.165) is 0 Å². The number of halogens is 2. The fourth-order valence-electron chi connectivity index (χ4n) is 1.57. The average molecular weight is 283 g/mol. The molecular formula is C13H15F2N3O2. The van der Waals surface area contributed by atoms with Gasteiger partial charge in [-0.3, -0.25) is 0 Å². The van der Waals surface area contributed by atoms with Crippen LogP contribution in [0.5, 0.6) is 5.75 Å². The van der Waals surface area contributed by atoms with Gasteiger partial charge in [0, 0.05) is 0 Å². The van der Waals surface area contributed by atoms with Crippen LogP contribution in [-0.4, -0.2) is 16.8 Å². The highest BCUT2D eigenvalue weighted by molar-refractivity contribution is 5.62. The summed E-state index contributed by atoms with van der Waals surface area (Å²) in [7, 11) is 0. The van der Waals surface area contributed by atoms with E-state index in [1.54, 1.807) is 25.1 Å². The van der Waals surface area contributed by atoms with Gasteiger partial charge in [-0.15, -0.1) is 0 Å². The number of rotatable bonds is 5. The first-order valence-corrected chi connectivity index (χ1v) is 6.11. The lowest BCUT2D eigenvalue weighted by molar-refractivity contribution is -0.0495. The molecule has 0 saturated heterocycles. The van der Waals surface area contributed by atoms with Crippen LogP contribution in [0.2, 0.25) is 0 Å². The Kier molecular flexibility index (Phi) is 3.99. The number of benzene rings is 1. The van der Waals surface area contributed by atoms with E-state index in [1.165, 1.54) is 6.07 Å². The van der Waals surface area contributed by atoms with Gasteiger partial charge >= 0.3 is 6.61 Å². The second-order valence-electron chi connectivity index (χ2n) is 4.57. The third-order valence-corrected chi connectivity index (χ3v) is 3.00. The molecule has 0 amide bonds. The van der Waals surface area contributed by atoms with E-state index in [4.69, 9.17) is 10.3 Å². The van der Waals surface area contributed by atoms with Crippen LogP contribution < -0.4 is 10.5 Å². The molecule has 2 aromatic rings. The molecule has 2 rings (SSSR count). The summed E-state index contributed by atoms with van der Waals surface area (Å²) in [4.78, 5) is 4.16. The first-order chi connectivity index (χ1) is 9.44. The number of hydrogen-bond donors (Lipinski definition) is 1. The van der Waals surface area contributed by atoms with Crippen molar-refractivity contribution in [3.05, 3.63) is 30.1 Å². The van der Waals surface area contributed by atoms with Crippen molar-refractivity contribution in [2.75, 3.05) is 0 Å². The lowest BCUT2D eigenvalue weighted by atomic mass is 10.00. The first kappa shape index (κ1) is 14.4. The molecule has 1 unspecified atom stereocenters. The van der Waals surface area contributed by atoms with Gasteiger partial charge in [0.15, 0.2) is 5.82 Å². The minimum absolute atomic E-state index is 0.0204. The summed E-state index contributed by atoms with van der Waals surface area (Å²) in [6, 6.07) is 6.22. The SMILES string of the molecule is CCC(C)(N)c1noc(-c2ccccc2OC(F)F)n1. The van der Waals surface area contributed by atoms with Crippen LogP contribution in [0.4, 0.5) is 8.78 Å². The molecule has 0 aliphatic rings. The topological polar surface area (TPSA) is 74.2 Å². The largest absolute Gasteiger partial charge is 0.434 e. The molecule has 2 N–H and O–H groups in total. The number of nitrogens with two attached hydrogens (primary N) is 1. The normalized spacial score (nSPS) is 14.3. The highest BCUT2D eigenvalue weighted by Gasteiger charge is 2.26. The van der Waals surface area contributed by atoms with Crippen molar-refractivity contribution in [2.24, 2.45) is 5.73 Å². The molecule has 7 heteroatoms. The van der Waals surface area contributed by atoms with Gasteiger partial charge in [-0.05, 0) is 25.5 Å². The average Bonchev–Trinajstić information content (AvgIpc) is 2.89. The molecule has 0 bridgehead atoms. The van der Waals surface area contributed by atoms with Crippen molar-refractivity contribution in [2.45, 2.75) is 32.4 Å². The number of alkyl halides is 2. The van der Waals surface area contributed by atoms with Crippen molar-refractivity contribution < 1.29 is 18.0 Å². The summed E-state index contributed by atoms with van der Waals surface area (Å²) in [5.41, 5.74) is 5.58. The zero-order chi connectivity index (χ0) is 14.8. The Morgan fingerprint density at radius 2 is 2.10 bits per heavy atom. The van der Waals surface area contributed by atoms with Crippen molar-refractivity contribution in [3.8, 4) is 17.2 Å². The van der Waals surface area contributed by atoms with Crippen LogP contribution in [0, 0.1) is 0 Å². The molecule has 1 atom stereocenters.